The van der Waals surface area contributed by atoms with E-state index in [2.05, 4.69) is 15.1 Å². The molecule has 0 aliphatic rings. The molecule has 0 spiro atoms. The Morgan fingerprint density at radius 3 is 2.28 bits per heavy atom. The number of carboxylic acid groups (broad SMARTS) is 2. The molecule has 0 amide bonds. The molecular formula is C21H15F3N4O4. The first-order chi connectivity index (χ1) is 15.2. The summed E-state index contributed by atoms with van der Waals surface area (Å²) in [6.07, 6.45) is -1.59. The van der Waals surface area contributed by atoms with Crippen LogP contribution < -0.4 is 0 Å². The minimum absolute atomic E-state index is 0.438. The molecular weight excluding hydrogens is 429 g/mol. The number of carbonyl (C=O) groups is 2. The lowest BCUT2D eigenvalue weighted by Crippen LogP contribution is -2.16. The number of carboxylic acids is 2. The third kappa shape index (κ3) is 5.25. The summed E-state index contributed by atoms with van der Waals surface area (Å²) < 4.78 is 40.9. The van der Waals surface area contributed by atoms with E-state index in [1.807, 2.05) is 30.3 Å². The van der Waals surface area contributed by atoms with Crippen molar-refractivity contribution in [3.63, 3.8) is 0 Å². The second-order valence-electron chi connectivity index (χ2n) is 6.44. The van der Waals surface area contributed by atoms with Gasteiger partial charge in [-0.05, 0) is 29.8 Å². The number of pyridine rings is 1. The van der Waals surface area contributed by atoms with E-state index < -0.39 is 29.7 Å². The molecule has 4 aromatic rings. The maximum Gasteiger partial charge on any atom is 0.416 e. The van der Waals surface area contributed by atoms with E-state index in [9.17, 15) is 13.2 Å². The van der Waals surface area contributed by atoms with Crippen molar-refractivity contribution in [2.75, 3.05) is 0 Å². The van der Waals surface area contributed by atoms with Crippen molar-refractivity contribution >= 4 is 22.8 Å². The molecule has 0 fully saturated rings. The van der Waals surface area contributed by atoms with Crippen LogP contribution in [-0.2, 0) is 15.8 Å². The van der Waals surface area contributed by atoms with Gasteiger partial charge in [0.2, 0.25) is 0 Å². The van der Waals surface area contributed by atoms with Gasteiger partial charge in [-0.1, -0.05) is 36.4 Å². The zero-order chi connectivity index (χ0) is 23.3. The first-order valence-electron chi connectivity index (χ1n) is 9.00. The van der Waals surface area contributed by atoms with Gasteiger partial charge in [-0.2, -0.15) is 18.3 Å². The van der Waals surface area contributed by atoms with Gasteiger partial charge in [-0.3, -0.25) is 4.98 Å². The third-order valence-electron chi connectivity index (χ3n) is 4.31. The van der Waals surface area contributed by atoms with Crippen LogP contribution in [0.4, 0.5) is 13.2 Å². The van der Waals surface area contributed by atoms with Gasteiger partial charge < -0.3 is 10.2 Å². The molecule has 0 aliphatic heterocycles. The molecule has 0 saturated carbocycles. The summed E-state index contributed by atoms with van der Waals surface area (Å²) in [4.78, 5) is 26.8. The SMILES string of the molecule is FC(F)(F)c1cccc(C(c2ccc3ccccc3n2)n2cncn2)c1.O=C(O)C(=O)O. The van der Waals surface area contributed by atoms with Crippen molar-refractivity contribution in [3.05, 3.63) is 90.1 Å². The maximum absolute atomic E-state index is 13.1. The van der Waals surface area contributed by atoms with E-state index in [-0.39, 0.29) is 0 Å². The summed E-state index contributed by atoms with van der Waals surface area (Å²) in [5.41, 5.74) is 1.09. The maximum atomic E-state index is 13.1. The number of benzene rings is 2. The van der Waals surface area contributed by atoms with Crippen LogP contribution in [0.3, 0.4) is 0 Å². The lowest BCUT2D eigenvalue weighted by Gasteiger charge is -2.19. The summed E-state index contributed by atoms with van der Waals surface area (Å²) in [5, 5.41) is 19.9. The van der Waals surface area contributed by atoms with Gasteiger partial charge in [0.05, 0.1) is 16.8 Å². The van der Waals surface area contributed by atoms with Gasteiger partial charge in [0.15, 0.2) is 0 Å². The number of hydrogen-bond donors (Lipinski definition) is 2. The van der Waals surface area contributed by atoms with Crippen LogP contribution >= 0.6 is 0 Å². The normalized spacial score (nSPS) is 12.0. The summed E-state index contributed by atoms with van der Waals surface area (Å²) >= 11 is 0. The van der Waals surface area contributed by atoms with Crippen LogP contribution in [0.5, 0.6) is 0 Å². The fraction of sp³-hybridized carbons (Fsp3) is 0.0952. The van der Waals surface area contributed by atoms with E-state index in [4.69, 9.17) is 19.8 Å². The standard InChI is InChI=1S/C19H13F3N4.C2H2O4/c20-19(21,22)15-6-3-5-14(10-15)18(26-12-23-11-24-26)17-9-8-13-4-1-2-7-16(13)25-17;3-1(4)2(5)6/h1-12,18H;(H,3,4)(H,5,6). The summed E-state index contributed by atoms with van der Waals surface area (Å²) in [6, 6.07) is 15.9. The van der Waals surface area contributed by atoms with Crippen molar-refractivity contribution in [2.24, 2.45) is 0 Å². The number of aliphatic carboxylic acids is 2. The van der Waals surface area contributed by atoms with Crippen LogP contribution in [0.25, 0.3) is 10.9 Å². The largest absolute Gasteiger partial charge is 0.473 e. The molecule has 0 saturated heterocycles. The number of hydrogen-bond acceptors (Lipinski definition) is 5. The van der Waals surface area contributed by atoms with E-state index in [0.29, 0.717) is 11.3 Å². The lowest BCUT2D eigenvalue weighted by molar-refractivity contribution is -0.159. The Bertz CT molecular complexity index is 1230. The predicted octanol–water partition coefficient (Wildman–Crippen LogP) is 3.64. The Labute approximate surface area is 178 Å². The average molecular weight is 444 g/mol. The highest BCUT2D eigenvalue weighted by Gasteiger charge is 2.31. The van der Waals surface area contributed by atoms with Gasteiger partial charge >= 0.3 is 18.1 Å². The molecule has 32 heavy (non-hydrogen) atoms. The Kier molecular flexibility index (Phi) is 6.47. The number of para-hydroxylation sites is 1. The van der Waals surface area contributed by atoms with Crippen LogP contribution in [-0.4, -0.2) is 41.9 Å². The van der Waals surface area contributed by atoms with Crippen LogP contribution in [0, 0.1) is 0 Å². The van der Waals surface area contributed by atoms with Crippen molar-refractivity contribution in [1.82, 2.24) is 19.7 Å². The molecule has 1 unspecified atom stereocenters. The Morgan fingerprint density at radius 1 is 0.938 bits per heavy atom. The molecule has 11 heteroatoms. The van der Waals surface area contributed by atoms with Crippen molar-refractivity contribution in [2.45, 2.75) is 12.2 Å². The molecule has 2 heterocycles. The van der Waals surface area contributed by atoms with Crippen LogP contribution in [0.15, 0.2) is 73.3 Å². The zero-order valence-electron chi connectivity index (χ0n) is 16.1. The van der Waals surface area contributed by atoms with Gasteiger partial charge in [-0.25, -0.2) is 19.3 Å². The number of fused-ring (bicyclic) bond motifs is 1. The van der Waals surface area contributed by atoms with Crippen molar-refractivity contribution in [1.29, 1.82) is 0 Å². The molecule has 2 N–H and O–H groups in total. The zero-order valence-corrected chi connectivity index (χ0v) is 16.1. The molecule has 2 aromatic heterocycles. The molecule has 2 aromatic carbocycles. The Morgan fingerprint density at radius 2 is 1.66 bits per heavy atom. The average Bonchev–Trinajstić information content (AvgIpc) is 3.28. The Hall–Kier alpha value is -4.28. The second-order valence-corrected chi connectivity index (χ2v) is 6.44. The number of aromatic nitrogens is 4. The van der Waals surface area contributed by atoms with Gasteiger partial charge in [0, 0.05) is 5.39 Å². The predicted molar refractivity (Wildman–Crippen MR) is 106 cm³/mol. The minimum atomic E-state index is -4.42. The highest BCUT2D eigenvalue weighted by molar-refractivity contribution is 6.27. The van der Waals surface area contributed by atoms with E-state index in [0.717, 1.165) is 23.0 Å². The molecule has 0 aliphatic carbocycles. The number of alkyl halides is 3. The van der Waals surface area contributed by atoms with E-state index in [1.54, 1.807) is 12.1 Å². The van der Waals surface area contributed by atoms with E-state index >= 15 is 0 Å². The summed E-state index contributed by atoms with van der Waals surface area (Å²) in [5.74, 6) is -3.65. The molecule has 4 rings (SSSR count). The van der Waals surface area contributed by atoms with Gasteiger partial charge in [0.25, 0.3) is 0 Å². The Balaban J connectivity index is 0.000000427. The number of nitrogens with zero attached hydrogens (tertiary/aromatic N) is 4. The number of rotatable bonds is 3. The summed E-state index contributed by atoms with van der Waals surface area (Å²) in [6.45, 7) is 0. The fourth-order valence-corrected chi connectivity index (χ4v) is 2.93. The second kappa shape index (κ2) is 9.25. The first-order valence-corrected chi connectivity index (χ1v) is 9.00. The lowest BCUT2D eigenvalue weighted by atomic mass is 10.00. The molecule has 0 bridgehead atoms. The molecule has 8 nitrogen and oxygen atoms in total. The van der Waals surface area contributed by atoms with Gasteiger partial charge in [-0.15, -0.1) is 0 Å². The topological polar surface area (TPSA) is 118 Å². The highest BCUT2D eigenvalue weighted by atomic mass is 19.4. The van der Waals surface area contributed by atoms with E-state index in [1.165, 1.54) is 23.4 Å². The molecule has 164 valence electrons. The third-order valence-corrected chi connectivity index (χ3v) is 4.31. The van der Waals surface area contributed by atoms with Crippen molar-refractivity contribution in [3.8, 4) is 0 Å². The van der Waals surface area contributed by atoms with Crippen molar-refractivity contribution < 1.29 is 33.0 Å². The highest BCUT2D eigenvalue weighted by Crippen LogP contribution is 2.33. The first kappa shape index (κ1) is 22.4. The van der Waals surface area contributed by atoms with Crippen LogP contribution in [0.2, 0.25) is 0 Å². The van der Waals surface area contributed by atoms with Crippen LogP contribution in [0.1, 0.15) is 22.9 Å². The molecule has 1 atom stereocenters. The monoisotopic (exact) mass is 444 g/mol. The minimum Gasteiger partial charge on any atom is -0.473 e. The summed E-state index contributed by atoms with van der Waals surface area (Å²) in [7, 11) is 0. The number of halogens is 3. The fourth-order valence-electron chi connectivity index (χ4n) is 2.93. The van der Waals surface area contributed by atoms with Gasteiger partial charge in [0.1, 0.15) is 18.7 Å². The smallest absolute Gasteiger partial charge is 0.416 e. The quantitative estimate of drug-likeness (QED) is 0.463. The molecule has 0 radical (unpaired) electrons.